The third-order valence-corrected chi connectivity index (χ3v) is 2.29. The number of nitrogen functional groups attached to an aromatic ring is 1. The summed E-state index contributed by atoms with van der Waals surface area (Å²) in [6.45, 7) is 0.551. The lowest BCUT2D eigenvalue weighted by molar-refractivity contribution is -0.118. The topological polar surface area (TPSA) is 124 Å². The zero-order valence-electron chi connectivity index (χ0n) is 9.40. The maximum atomic E-state index is 11.0. The summed E-state index contributed by atoms with van der Waals surface area (Å²) in [4.78, 5) is 21.6. The van der Waals surface area contributed by atoms with Crippen molar-refractivity contribution in [3.05, 3.63) is 23.8 Å². The van der Waals surface area contributed by atoms with Crippen molar-refractivity contribution in [3.63, 3.8) is 0 Å². The zero-order valence-corrected chi connectivity index (χ0v) is 9.40. The molecule has 0 unspecified atom stereocenters. The highest BCUT2D eigenvalue weighted by Gasteiger charge is 2.08. The van der Waals surface area contributed by atoms with Gasteiger partial charge in [0.1, 0.15) is 0 Å². The van der Waals surface area contributed by atoms with E-state index in [-0.39, 0.29) is 11.5 Å². The maximum Gasteiger partial charge on any atom is 0.250 e. The van der Waals surface area contributed by atoms with Gasteiger partial charge in [0.2, 0.25) is 5.91 Å². The van der Waals surface area contributed by atoms with Crippen molar-refractivity contribution in [2.75, 3.05) is 17.6 Å². The molecule has 17 heavy (non-hydrogen) atoms. The fourth-order valence-electron chi connectivity index (χ4n) is 1.42. The number of rotatable bonds is 6. The summed E-state index contributed by atoms with van der Waals surface area (Å²) in [6, 6.07) is 4.99. The second kappa shape index (κ2) is 5.74. The van der Waals surface area contributed by atoms with E-state index in [0.717, 1.165) is 0 Å². The molecule has 0 bridgehead atoms. The van der Waals surface area contributed by atoms with Gasteiger partial charge in [0, 0.05) is 13.0 Å². The maximum absolute atomic E-state index is 11.0. The van der Waals surface area contributed by atoms with Gasteiger partial charge in [-0.25, -0.2) is 0 Å². The average Bonchev–Trinajstić information content (AvgIpc) is 2.25. The largest absolute Gasteiger partial charge is 0.396 e. The Labute approximate surface area is 99.1 Å². The molecule has 0 fully saturated rings. The Bertz CT molecular complexity index is 431. The van der Waals surface area contributed by atoms with Gasteiger partial charge >= 0.3 is 0 Å². The monoisotopic (exact) mass is 236 g/mol. The minimum atomic E-state index is -0.566. The molecule has 0 saturated heterocycles. The molecule has 0 radical (unpaired) electrons. The summed E-state index contributed by atoms with van der Waals surface area (Å²) in [7, 11) is 0. The van der Waals surface area contributed by atoms with Crippen LogP contribution in [0.5, 0.6) is 0 Å². The van der Waals surface area contributed by atoms with Crippen molar-refractivity contribution >= 4 is 23.2 Å². The van der Waals surface area contributed by atoms with Crippen molar-refractivity contribution in [1.82, 2.24) is 0 Å². The van der Waals surface area contributed by atoms with E-state index in [1.807, 2.05) is 0 Å². The predicted octanol–water partition coefficient (Wildman–Crippen LogP) is 0.0451. The van der Waals surface area contributed by atoms with Crippen LogP contribution < -0.4 is 22.5 Å². The minimum Gasteiger partial charge on any atom is -0.396 e. The number of amides is 2. The molecule has 1 rings (SSSR count). The van der Waals surface area contributed by atoms with Crippen LogP contribution in [0, 0.1) is 0 Å². The lowest BCUT2D eigenvalue weighted by Crippen LogP contribution is -2.16. The second-order valence-corrected chi connectivity index (χ2v) is 3.63. The lowest BCUT2D eigenvalue weighted by atomic mass is 10.1. The van der Waals surface area contributed by atoms with Crippen LogP contribution in [-0.2, 0) is 4.79 Å². The molecule has 0 atom stereocenters. The highest BCUT2D eigenvalue weighted by atomic mass is 16.1. The Hall–Kier alpha value is -2.24. The number of primary amides is 2. The first-order valence-corrected chi connectivity index (χ1v) is 5.23. The van der Waals surface area contributed by atoms with Crippen LogP contribution in [0.15, 0.2) is 18.2 Å². The molecule has 0 heterocycles. The standard InChI is InChI=1S/C11H16N4O2/c12-9(16)5-2-6-15-8-4-1-3-7(10(8)13)11(14)17/h1,3-4,15H,2,5-6,13H2,(H2,12,16)(H2,14,17). The SMILES string of the molecule is NC(=O)CCCNc1cccc(C(N)=O)c1N. The number of nitrogens with two attached hydrogens (primary N) is 3. The Morgan fingerprint density at radius 3 is 2.53 bits per heavy atom. The molecule has 6 heteroatoms. The molecule has 0 aliphatic rings. The van der Waals surface area contributed by atoms with Crippen LogP contribution in [0.4, 0.5) is 11.4 Å². The van der Waals surface area contributed by atoms with Crippen molar-refractivity contribution in [1.29, 1.82) is 0 Å². The van der Waals surface area contributed by atoms with E-state index in [1.165, 1.54) is 0 Å². The van der Waals surface area contributed by atoms with Gasteiger partial charge in [0.05, 0.1) is 16.9 Å². The fraction of sp³-hybridized carbons (Fsp3) is 0.273. The lowest BCUT2D eigenvalue weighted by Gasteiger charge is -2.10. The molecule has 2 amide bonds. The number of hydrogen-bond donors (Lipinski definition) is 4. The first-order valence-electron chi connectivity index (χ1n) is 5.23. The van der Waals surface area contributed by atoms with Gasteiger partial charge in [-0.3, -0.25) is 9.59 Å². The minimum absolute atomic E-state index is 0.282. The fourth-order valence-corrected chi connectivity index (χ4v) is 1.42. The van der Waals surface area contributed by atoms with Gasteiger partial charge < -0.3 is 22.5 Å². The number of hydrogen-bond acceptors (Lipinski definition) is 4. The molecule has 1 aromatic carbocycles. The Morgan fingerprint density at radius 2 is 1.94 bits per heavy atom. The first kappa shape index (κ1) is 12.8. The van der Waals surface area contributed by atoms with Crippen LogP contribution in [0.25, 0.3) is 0 Å². The summed E-state index contributed by atoms with van der Waals surface area (Å²) >= 11 is 0. The smallest absolute Gasteiger partial charge is 0.250 e. The van der Waals surface area contributed by atoms with Crippen molar-refractivity contribution < 1.29 is 9.59 Å². The molecule has 0 aliphatic carbocycles. The number of carbonyl (C=O) groups excluding carboxylic acids is 2. The molecule has 0 aromatic heterocycles. The number of benzene rings is 1. The van der Waals surface area contributed by atoms with Gasteiger partial charge in [-0.2, -0.15) is 0 Å². The molecule has 7 N–H and O–H groups in total. The van der Waals surface area contributed by atoms with Crippen LogP contribution in [-0.4, -0.2) is 18.4 Å². The van der Waals surface area contributed by atoms with E-state index in [1.54, 1.807) is 18.2 Å². The zero-order chi connectivity index (χ0) is 12.8. The molecular weight excluding hydrogens is 220 g/mol. The molecule has 0 saturated carbocycles. The van der Waals surface area contributed by atoms with Gasteiger partial charge in [-0.15, -0.1) is 0 Å². The van der Waals surface area contributed by atoms with E-state index in [4.69, 9.17) is 17.2 Å². The van der Waals surface area contributed by atoms with Crippen molar-refractivity contribution in [3.8, 4) is 0 Å². The second-order valence-electron chi connectivity index (χ2n) is 3.63. The van der Waals surface area contributed by atoms with E-state index >= 15 is 0 Å². The predicted molar refractivity (Wildman–Crippen MR) is 66.3 cm³/mol. The van der Waals surface area contributed by atoms with Crippen molar-refractivity contribution in [2.45, 2.75) is 12.8 Å². The molecule has 0 spiro atoms. The normalized spacial score (nSPS) is 9.88. The van der Waals surface area contributed by atoms with E-state index < -0.39 is 5.91 Å². The summed E-state index contributed by atoms with van der Waals surface area (Å²) in [6.07, 6.45) is 0.915. The quantitative estimate of drug-likeness (QED) is 0.411. The third-order valence-electron chi connectivity index (χ3n) is 2.29. The summed E-state index contributed by atoms with van der Waals surface area (Å²) in [5.41, 5.74) is 17.2. The Kier molecular flexibility index (Phi) is 4.33. The highest BCUT2D eigenvalue weighted by Crippen LogP contribution is 2.22. The van der Waals surface area contributed by atoms with Crippen LogP contribution in [0.3, 0.4) is 0 Å². The van der Waals surface area contributed by atoms with Gasteiger partial charge in [-0.05, 0) is 18.6 Å². The number of carbonyl (C=O) groups is 2. The molecule has 6 nitrogen and oxygen atoms in total. The average molecular weight is 236 g/mol. The molecule has 0 aliphatic heterocycles. The van der Waals surface area contributed by atoms with E-state index in [2.05, 4.69) is 5.32 Å². The Morgan fingerprint density at radius 1 is 1.24 bits per heavy atom. The van der Waals surface area contributed by atoms with Gasteiger partial charge in [-0.1, -0.05) is 6.07 Å². The molecule has 92 valence electrons. The van der Waals surface area contributed by atoms with E-state index in [9.17, 15) is 9.59 Å². The van der Waals surface area contributed by atoms with E-state index in [0.29, 0.717) is 30.8 Å². The van der Waals surface area contributed by atoms with Crippen LogP contribution in [0.1, 0.15) is 23.2 Å². The summed E-state index contributed by atoms with van der Waals surface area (Å²) in [5.74, 6) is -0.908. The van der Waals surface area contributed by atoms with Crippen LogP contribution >= 0.6 is 0 Å². The van der Waals surface area contributed by atoms with Gasteiger partial charge in [0.25, 0.3) is 5.91 Å². The Balaban J connectivity index is 2.62. The third kappa shape index (κ3) is 3.67. The van der Waals surface area contributed by atoms with Crippen LogP contribution in [0.2, 0.25) is 0 Å². The molecular formula is C11H16N4O2. The summed E-state index contributed by atoms with van der Waals surface area (Å²) in [5, 5.41) is 3.02. The van der Waals surface area contributed by atoms with Crippen molar-refractivity contribution in [2.24, 2.45) is 11.5 Å². The first-order chi connectivity index (χ1) is 8.02. The molecule has 1 aromatic rings. The highest BCUT2D eigenvalue weighted by molar-refractivity contribution is 6.00. The number of anilines is 2. The number of para-hydroxylation sites is 1. The summed E-state index contributed by atoms with van der Waals surface area (Å²) < 4.78 is 0. The number of nitrogens with one attached hydrogen (secondary N) is 1. The van der Waals surface area contributed by atoms with Gasteiger partial charge in [0.15, 0.2) is 0 Å².